The number of ether oxygens (including phenoxy) is 1. The number of hydrogen-bond acceptors (Lipinski definition) is 2. The van der Waals surface area contributed by atoms with E-state index in [9.17, 15) is 13.2 Å². The van der Waals surface area contributed by atoms with E-state index in [-0.39, 0.29) is 16.3 Å². The second-order valence-corrected chi connectivity index (χ2v) is 4.75. The maximum Gasteiger partial charge on any atom is 0.433 e. The van der Waals surface area contributed by atoms with Crippen LogP contribution in [-0.4, -0.2) is 11.6 Å². The van der Waals surface area contributed by atoms with Gasteiger partial charge in [-0.05, 0) is 18.6 Å². The predicted octanol–water partition coefficient (Wildman–Crippen LogP) is 5.09. The number of rotatable bonds is 4. The molecule has 0 amide bonds. The van der Waals surface area contributed by atoms with E-state index in [1.165, 1.54) is 6.07 Å². The van der Waals surface area contributed by atoms with Crippen LogP contribution in [0.25, 0.3) is 10.9 Å². The molecule has 0 aliphatic heterocycles. The van der Waals surface area contributed by atoms with Crippen molar-refractivity contribution in [3.63, 3.8) is 0 Å². The Morgan fingerprint density at radius 3 is 2.70 bits per heavy atom. The molecule has 0 N–H and O–H groups in total. The average molecular weight is 304 g/mol. The smallest absolute Gasteiger partial charge is 0.433 e. The fraction of sp³-hybridized carbons (Fsp3) is 0.357. The molecular weight excluding hydrogens is 291 g/mol. The van der Waals surface area contributed by atoms with E-state index >= 15 is 0 Å². The summed E-state index contributed by atoms with van der Waals surface area (Å²) in [7, 11) is 0. The number of aromatic nitrogens is 1. The van der Waals surface area contributed by atoms with Crippen molar-refractivity contribution < 1.29 is 17.9 Å². The van der Waals surface area contributed by atoms with Gasteiger partial charge < -0.3 is 4.74 Å². The van der Waals surface area contributed by atoms with Crippen LogP contribution in [0.2, 0.25) is 5.02 Å². The maximum absolute atomic E-state index is 12.9. The van der Waals surface area contributed by atoms with E-state index in [2.05, 4.69) is 4.98 Å². The Morgan fingerprint density at radius 1 is 1.30 bits per heavy atom. The number of alkyl halides is 3. The number of halogens is 4. The lowest BCUT2D eigenvalue weighted by Crippen LogP contribution is -2.09. The number of hydrogen-bond donors (Lipinski definition) is 0. The Kier molecular flexibility index (Phi) is 4.38. The van der Waals surface area contributed by atoms with Crippen molar-refractivity contribution in [2.45, 2.75) is 25.9 Å². The second-order valence-electron chi connectivity index (χ2n) is 4.34. The van der Waals surface area contributed by atoms with Crippen LogP contribution in [-0.2, 0) is 6.18 Å². The van der Waals surface area contributed by atoms with Gasteiger partial charge in [-0.2, -0.15) is 13.2 Å². The minimum absolute atomic E-state index is 0.107. The molecule has 108 valence electrons. The number of fused-ring (bicyclic) bond motifs is 1. The largest absolute Gasteiger partial charge is 0.493 e. The summed E-state index contributed by atoms with van der Waals surface area (Å²) in [6.07, 6.45) is -2.86. The highest BCUT2D eigenvalue weighted by molar-refractivity contribution is 6.35. The highest BCUT2D eigenvalue weighted by Crippen LogP contribution is 2.36. The van der Waals surface area contributed by atoms with Gasteiger partial charge in [-0.25, -0.2) is 4.98 Å². The Morgan fingerprint density at radius 2 is 2.05 bits per heavy atom. The van der Waals surface area contributed by atoms with Crippen LogP contribution in [0.1, 0.15) is 25.5 Å². The van der Waals surface area contributed by atoms with E-state index in [0.717, 1.165) is 18.9 Å². The zero-order valence-corrected chi connectivity index (χ0v) is 11.6. The van der Waals surface area contributed by atoms with Crippen molar-refractivity contribution in [3.8, 4) is 5.75 Å². The van der Waals surface area contributed by atoms with Crippen molar-refractivity contribution in [1.82, 2.24) is 4.98 Å². The van der Waals surface area contributed by atoms with E-state index in [1.54, 1.807) is 12.1 Å². The van der Waals surface area contributed by atoms with Crippen LogP contribution < -0.4 is 4.74 Å². The molecule has 20 heavy (non-hydrogen) atoms. The number of para-hydroxylation sites is 1. The third kappa shape index (κ3) is 3.15. The first-order chi connectivity index (χ1) is 9.43. The SMILES string of the molecule is CCCCOc1cc(C(F)(F)F)nc2c(Cl)cccc12. The van der Waals surface area contributed by atoms with Crippen molar-refractivity contribution in [3.05, 3.63) is 35.0 Å². The van der Waals surface area contributed by atoms with E-state index < -0.39 is 11.9 Å². The molecule has 0 radical (unpaired) electrons. The number of pyridine rings is 1. The first kappa shape index (κ1) is 14.9. The molecule has 1 aromatic heterocycles. The van der Waals surface area contributed by atoms with Gasteiger partial charge in [-0.1, -0.05) is 31.0 Å². The fourth-order valence-electron chi connectivity index (χ4n) is 1.77. The van der Waals surface area contributed by atoms with Crippen LogP contribution in [0.5, 0.6) is 5.75 Å². The van der Waals surface area contributed by atoms with Gasteiger partial charge in [0.25, 0.3) is 0 Å². The van der Waals surface area contributed by atoms with E-state index in [4.69, 9.17) is 16.3 Å². The third-order valence-corrected chi connectivity index (χ3v) is 3.10. The normalized spacial score (nSPS) is 11.8. The minimum atomic E-state index is -4.53. The van der Waals surface area contributed by atoms with Gasteiger partial charge in [0.1, 0.15) is 11.4 Å². The van der Waals surface area contributed by atoms with Crippen molar-refractivity contribution in [2.75, 3.05) is 6.61 Å². The highest BCUT2D eigenvalue weighted by Gasteiger charge is 2.34. The van der Waals surface area contributed by atoms with Crippen LogP contribution in [0.3, 0.4) is 0 Å². The van der Waals surface area contributed by atoms with Crippen molar-refractivity contribution >= 4 is 22.5 Å². The summed E-state index contributed by atoms with van der Waals surface area (Å²) in [4.78, 5) is 3.60. The molecule has 0 fully saturated rings. The summed E-state index contributed by atoms with van der Waals surface area (Å²) in [6, 6.07) is 5.74. The second kappa shape index (κ2) is 5.87. The molecule has 2 aromatic rings. The monoisotopic (exact) mass is 303 g/mol. The minimum Gasteiger partial charge on any atom is -0.493 e. The molecule has 0 saturated heterocycles. The molecule has 2 rings (SSSR count). The van der Waals surface area contributed by atoms with Crippen LogP contribution >= 0.6 is 11.6 Å². The Hall–Kier alpha value is -1.49. The average Bonchev–Trinajstić information content (AvgIpc) is 2.38. The molecule has 0 saturated carbocycles. The predicted molar refractivity (Wildman–Crippen MR) is 72.2 cm³/mol. The van der Waals surface area contributed by atoms with Gasteiger partial charge >= 0.3 is 6.18 Å². The molecule has 1 heterocycles. The standard InChI is InChI=1S/C14H13ClF3NO/c1-2-3-7-20-11-8-12(14(16,17)18)19-13-9(11)5-4-6-10(13)15/h4-6,8H,2-3,7H2,1H3. The van der Waals surface area contributed by atoms with Crippen LogP contribution in [0, 0.1) is 0 Å². The van der Waals surface area contributed by atoms with Gasteiger partial charge in [0, 0.05) is 11.5 Å². The molecule has 0 spiro atoms. The molecule has 6 heteroatoms. The lowest BCUT2D eigenvalue weighted by molar-refractivity contribution is -0.141. The summed E-state index contributed by atoms with van der Waals surface area (Å²) in [5, 5.41) is 0.663. The van der Waals surface area contributed by atoms with E-state index in [0.29, 0.717) is 12.0 Å². The molecule has 0 atom stereocenters. The van der Waals surface area contributed by atoms with Gasteiger partial charge in [0.15, 0.2) is 0 Å². The molecular formula is C14H13ClF3NO. The fourth-order valence-corrected chi connectivity index (χ4v) is 1.99. The number of benzene rings is 1. The quantitative estimate of drug-likeness (QED) is 0.734. The Bertz CT molecular complexity index is 613. The van der Waals surface area contributed by atoms with Gasteiger partial charge in [0.2, 0.25) is 0 Å². The first-order valence-electron chi connectivity index (χ1n) is 6.22. The Balaban J connectivity index is 2.55. The Labute approximate surface area is 119 Å². The van der Waals surface area contributed by atoms with Gasteiger partial charge in [0.05, 0.1) is 17.1 Å². The van der Waals surface area contributed by atoms with Crippen LogP contribution in [0.15, 0.2) is 24.3 Å². The first-order valence-corrected chi connectivity index (χ1v) is 6.60. The summed E-state index contributed by atoms with van der Waals surface area (Å²) in [5.74, 6) is 0.165. The molecule has 0 aliphatic rings. The molecule has 1 aromatic carbocycles. The van der Waals surface area contributed by atoms with Crippen molar-refractivity contribution in [1.29, 1.82) is 0 Å². The van der Waals surface area contributed by atoms with Gasteiger partial charge in [-0.3, -0.25) is 0 Å². The van der Waals surface area contributed by atoms with E-state index in [1.807, 2.05) is 6.92 Å². The highest BCUT2D eigenvalue weighted by atomic mass is 35.5. The zero-order valence-electron chi connectivity index (χ0n) is 10.8. The summed E-state index contributed by atoms with van der Waals surface area (Å²) >= 11 is 5.93. The summed E-state index contributed by atoms with van der Waals surface area (Å²) in [5.41, 5.74) is -0.889. The van der Waals surface area contributed by atoms with Crippen LogP contribution in [0.4, 0.5) is 13.2 Å². The van der Waals surface area contributed by atoms with Gasteiger partial charge in [-0.15, -0.1) is 0 Å². The summed E-state index contributed by atoms with van der Waals surface area (Å²) < 4.78 is 44.0. The topological polar surface area (TPSA) is 22.1 Å². The number of unbranched alkanes of at least 4 members (excludes halogenated alkanes) is 1. The third-order valence-electron chi connectivity index (χ3n) is 2.80. The maximum atomic E-state index is 12.9. The molecule has 2 nitrogen and oxygen atoms in total. The zero-order chi connectivity index (χ0) is 14.8. The molecule has 0 unspecified atom stereocenters. The lowest BCUT2D eigenvalue weighted by atomic mass is 10.1. The molecule has 0 bridgehead atoms. The lowest BCUT2D eigenvalue weighted by Gasteiger charge is -2.13. The van der Waals surface area contributed by atoms with Crippen molar-refractivity contribution in [2.24, 2.45) is 0 Å². The summed E-state index contributed by atoms with van der Waals surface area (Å²) in [6.45, 7) is 2.34. The number of nitrogens with zero attached hydrogens (tertiary/aromatic N) is 1. The molecule has 0 aliphatic carbocycles.